The minimum absolute atomic E-state index is 0.102. The first-order valence-corrected chi connectivity index (χ1v) is 9.01. The molecule has 1 aromatic heterocycles. The lowest BCUT2D eigenvalue weighted by Gasteiger charge is -2.12. The van der Waals surface area contributed by atoms with Crippen LogP contribution in [-0.4, -0.2) is 22.8 Å². The van der Waals surface area contributed by atoms with Gasteiger partial charge in [-0.1, -0.05) is 27.5 Å². The lowest BCUT2D eigenvalue weighted by molar-refractivity contribution is 0.297. The van der Waals surface area contributed by atoms with E-state index in [1.54, 1.807) is 23.0 Å². The van der Waals surface area contributed by atoms with E-state index in [1.807, 2.05) is 18.2 Å². The Hall–Kier alpha value is -2.05. The zero-order valence-corrected chi connectivity index (χ0v) is 15.5. The first kappa shape index (κ1) is 16.4. The predicted molar refractivity (Wildman–Crippen MR) is 99.9 cm³/mol. The minimum Gasteiger partial charge on any atom is -0.489 e. The van der Waals surface area contributed by atoms with Crippen molar-refractivity contribution in [1.82, 2.24) is 9.55 Å². The molecule has 2 heterocycles. The first-order chi connectivity index (χ1) is 12.1. The van der Waals surface area contributed by atoms with Crippen molar-refractivity contribution in [3.8, 4) is 11.5 Å². The van der Waals surface area contributed by atoms with Crippen LogP contribution in [0.3, 0.4) is 0 Å². The standard InChI is InChI=1S/C18H14BrClN2O3/c19-12-2-3-15-13(8-12)18(23)22(10-21-15)9-11-6-14(20)17-16(7-11)24-4-1-5-25-17/h2-3,6-8,10H,1,4-5,9H2. The summed E-state index contributed by atoms with van der Waals surface area (Å²) >= 11 is 9.72. The van der Waals surface area contributed by atoms with Crippen molar-refractivity contribution in [2.24, 2.45) is 0 Å². The van der Waals surface area contributed by atoms with Crippen LogP contribution in [0, 0.1) is 0 Å². The average Bonchev–Trinajstić information content (AvgIpc) is 2.84. The molecule has 0 N–H and O–H groups in total. The zero-order valence-electron chi connectivity index (χ0n) is 13.2. The summed E-state index contributed by atoms with van der Waals surface area (Å²) in [5, 5.41) is 1.05. The van der Waals surface area contributed by atoms with Crippen LogP contribution in [0.25, 0.3) is 10.9 Å². The van der Waals surface area contributed by atoms with Crippen LogP contribution in [0.4, 0.5) is 0 Å². The molecule has 0 spiro atoms. The Bertz CT molecular complexity index is 1020. The van der Waals surface area contributed by atoms with Gasteiger partial charge in [0, 0.05) is 10.9 Å². The molecule has 0 saturated heterocycles. The Labute approximate surface area is 157 Å². The highest BCUT2D eigenvalue weighted by Gasteiger charge is 2.16. The van der Waals surface area contributed by atoms with Crippen LogP contribution >= 0.6 is 27.5 Å². The molecule has 0 saturated carbocycles. The van der Waals surface area contributed by atoms with E-state index in [1.165, 1.54) is 0 Å². The largest absolute Gasteiger partial charge is 0.489 e. The molecule has 0 radical (unpaired) electrons. The van der Waals surface area contributed by atoms with E-state index in [9.17, 15) is 4.79 Å². The maximum Gasteiger partial charge on any atom is 0.261 e. The second-order valence-electron chi connectivity index (χ2n) is 5.79. The minimum atomic E-state index is -0.102. The van der Waals surface area contributed by atoms with Crippen molar-refractivity contribution >= 4 is 38.4 Å². The second-order valence-corrected chi connectivity index (χ2v) is 7.12. The third kappa shape index (κ3) is 3.24. The van der Waals surface area contributed by atoms with Crippen molar-refractivity contribution < 1.29 is 9.47 Å². The van der Waals surface area contributed by atoms with E-state index in [-0.39, 0.29) is 5.56 Å². The summed E-state index contributed by atoms with van der Waals surface area (Å²) in [6.07, 6.45) is 2.36. The number of hydrogen-bond donors (Lipinski definition) is 0. The molecule has 7 heteroatoms. The van der Waals surface area contributed by atoms with Gasteiger partial charge < -0.3 is 9.47 Å². The predicted octanol–water partition coefficient (Wildman–Crippen LogP) is 4.02. The summed E-state index contributed by atoms with van der Waals surface area (Å²) < 4.78 is 13.7. The molecule has 1 aliphatic heterocycles. The number of halogens is 2. The van der Waals surface area contributed by atoms with Crippen LogP contribution in [0.5, 0.6) is 11.5 Å². The van der Waals surface area contributed by atoms with Gasteiger partial charge >= 0.3 is 0 Å². The molecule has 0 fully saturated rings. The van der Waals surface area contributed by atoms with Crippen molar-refractivity contribution in [3.05, 3.63) is 62.1 Å². The van der Waals surface area contributed by atoms with E-state index in [4.69, 9.17) is 21.1 Å². The first-order valence-electron chi connectivity index (χ1n) is 7.84. The highest BCUT2D eigenvalue weighted by molar-refractivity contribution is 9.10. The van der Waals surface area contributed by atoms with Gasteiger partial charge in [-0.25, -0.2) is 4.98 Å². The highest BCUT2D eigenvalue weighted by atomic mass is 79.9. The third-order valence-corrected chi connectivity index (χ3v) is 4.77. The number of aromatic nitrogens is 2. The van der Waals surface area contributed by atoms with Gasteiger partial charge in [0.25, 0.3) is 5.56 Å². The summed E-state index contributed by atoms with van der Waals surface area (Å²) in [4.78, 5) is 17.1. The number of nitrogens with zero attached hydrogens (tertiary/aromatic N) is 2. The normalized spacial score (nSPS) is 13.7. The summed E-state index contributed by atoms with van der Waals surface area (Å²) in [5.41, 5.74) is 1.42. The van der Waals surface area contributed by atoms with Gasteiger partial charge in [-0.2, -0.15) is 0 Å². The summed E-state index contributed by atoms with van der Waals surface area (Å²) in [6, 6.07) is 9.12. The number of hydrogen-bond acceptors (Lipinski definition) is 4. The summed E-state index contributed by atoms with van der Waals surface area (Å²) in [6.45, 7) is 1.51. The topological polar surface area (TPSA) is 53.4 Å². The molecule has 1 aliphatic rings. The lowest BCUT2D eigenvalue weighted by Crippen LogP contribution is -2.21. The van der Waals surface area contributed by atoms with Crippen LogP contribution in [0.1, 0.15) is 12.0 Å². The maximum atomic E-state index is 12.7. The van der Waals surface area contributed by atoms with Gasteiger partial charge in [-0.15, -0.1) is 0 Å². The third-order valence-electron chi connectivity index (χ3n) is 4.00. The fourth-order valence-electron chi connectivity index (χ4n) is 2.82. The molecule has 5 nitrogen and oxygen atoms in total. The molecule has 0 unspecified atom stereocenters. The number of ether oxygens (including phenoxy) is 2. The monoisotopic (exact) mass is 420 g/mol. The van der Waals surface area contributed by atoms with Crippen LogP contribution < -0.4 is 15.0 Å². The molecule has 0 bridgehead atoms. The number of benzene rings is 2. The molecular weight excluding hydrogens is 408 g/mol. The Morgan fingerprint density at radius 2 is 2.04 bits per heavy atom. The van der Waals surface area contributed by atoms with E-state index >= 15 is 0 Å². The van der Waals surface area contributed by atoms with Crippen molar-refractivity contribution in [3.63, 3.8) is 0 Å². The van der Waals surface area contributed by atoms with Gasteiger partial charge in [-0.3, -0.25) is 9.36 Å². The lowest BCUT2D eigenvalue weighted by atomic mass is 10.2. The van der Waals surface area contributed by atoms with Gasteiger partial charge in [0.1, 0.15) is 0 Å². The van der Waals surface area contributed by atoms with Crippen molar-refractivity contribution in [1.29, 1.82) is 0 Å². The van der Waals surface area contributed by atoms with E-state index in [0.29, 0.717) is 47.2 Å². The Balaban J connectivity index is 1.74. The number of rotatable bonds is 2. The second kappa shape index (κ2) is 6.69. The summed E-state index contributed by atoms with van der Waals surface area (Å²) in [7, 11) is 0. The van der Waals surface area contributed by atoms with Gasteiger partial charge in [-0.05, 0) is 35.9 Å². The number of fused-ring (bicyclic) bond motifs is 2. The van der Waals surface area contributed by atoms with E-state index < -0.39 is 0 Å². The van der Waals surface area contributed by atoms with E-state index in [0.717, 1.165) is 16.5 Å². The van der Waals surface area contributed by atoms with Gasteiger partial charge in [0.2, 0.25) is 0 Å². The fourth-order valence-corrected chi connectivity index (χ4v) is 3.46. The zero-order chi connectivity index (χ0) is 17.4. The van der Waals surface area contributed by atoms with Crippen LogP contribution in [0.15, 0.2) is 45.9 Å². The molecule has 4 rings (SSSR count). The molecule has 0 amide bonds. The summed E-state index contributed by atoms with van der Waals surface area (Å²) in [5.74, 6) is 1.18. The van der Waals surface area contributed by atoms with Crippen molar-refractivity contribution in [2.75, 3.05) is 13.2 Å². The van der Waals surface area contributed by atoms with Crippen LogP contribution in [0.2, 0.25) is 5.02 Å². The molecule has 0 aliphatic carbocycles. The molecule has 3 aromatic rings. The Morgan fingerprint density at radius 1 is 1.20 bits per heavy atom. The maximum absolute atomic E-state index is 12.7. The van der Waals surface area contributed by atoms with E-state index in [2.05, 4.69) is 20.9 Å². The molecule has 2 aromatic carbocycles. The SMILES string of the molecule is O=c1c2cc(Br)ccc2ncn1Cc1cc(Cl)c2c(c1)OCCCO2. The molecule has 25 heavy (non-hydrogen) atoms. The fraction of sp³-hybridized carbons (Fsp3) is 0.222. The van der Waals surface area contributed by atoms with Gasteiger partial charge in [0.15, 0.2) is 11.5 Å². The Kier molecular flexibility index (Phi) is 4.39. The Morgan fingerprint density at radius 3 is 2.92 bits per heavy atom. The highest BCUT2D eigenvalue weighted by Crippen LogP contribution is 2.38. The van der Waals surface area contributed by atoms with Crippen LogP contribution in [-0.2, 0) is 6.54 Å². The molecular formula is C18H14BrClN2O3. The average molecular weight is 422 g/mol. The quantitative estimate of drug-likeness (QED) is 0.627. The molecule has 128 valence electrons. The van der Waals surface area contributed by atoms with Crippen molar-refractivity contribution in [2.45, 2.75) is 13.0 Å². The smallest absolute Gasteiger partial charge is 0.261 e. The molecule has 0 atom stereocenters. The van der Waals surface area contributed by atoms with Gasteiger partial charge in [0.05, 0.1) is 42.0 Å².